The van der Waals surface area contributed by atoms with Crippen LogP contribution in [0.5, 0.6) is 0 Å². The summed E-state index contributed by atoms with van der Waals surface area (Å²) >= 11 is 0. The summed E-state index contributed by atoms with van der Waals surface area (Å²) in [6.07, 6.45) is 2.21. The van der Waals surface area contributed by atoms with Crippen molar-refractivity contribution in [3.8, 4) is 0 Å². The van der Waals surface area contributed by atoms with Crippen molar-refractivity contribution in [2.24, 2.45) is 0 Å². The van der Waals surface area contributed by atoms with E-state index in [4.69, 9.17) is 4.74 Å². The number of rotatable bonds is 3. The van der Waals surface area contributed by atoms with Gasteiger partial charge >= 0.3 is 0 Å². The van der Waals surface area contributed by atoms with Crippen molar-refractivity contribution >= 4 is 11.8 Å². The number of nitrogens with one attached hydrogen (secondary N) is 1. The van der Waals surface area contributed by atoms with Crippen LogP contribution in [0.4, 0.5) is 0 Å². The van der Waals surface area contributed by atoms with Gasteiger partial charge in [-0.3, -0.25) is 9.59 Å². The van der Waals surface area contributed by atoms with Gasteiger partial charge < -0.3 is 15.0 Å². The van der Waals surface area contributed by atoms with Crippen LogP contribution < -0.4 is 5.32 Å². The average Bonchev–Trinajstić information content (AvgIpc) is 2.89. The Balaban J connectivity index is 1.82. The summed E-state index contributed by atoms with van der Waals surface area (Å²) in [7, 11) is 0. The number of hydrogen-bond donors (Lipinski definition) is 1. The normalized spacial score (nSPS) is 29.6. The Morgan fingerprint density at radius 3 is 2.67 bits per heavy atom. The number of nitrogens with zero attached hydrogens (tertiary/aromatic N) is 1. The fourth-order valence-corrected chi connectivity index (χ4v) is 3.06. The summed E-state index contributed by atoms with van der Waals surface area (Å²) in [6.45, 7) is 2.60. The summed E-state index contributed by atoms with van der Waals surface area (Å²) in [5.41, 5.74) is 0.842. The highest BCUT2D eigenvalue weighted by Crippen LogP contribution is 2.27. The highest BCUT2D eigenvalue weighted by atomic mass is 16.5. The standard InChI is InChI=1S/C16H20N2O3/c1-11-7-8-13(21-11)10-18-14(19)9-17-16(20)15(18)12-5-3-2-4-6-12/h2-6,11,13,15H,7-10H2,1H3,(H,17,20). The van der Waals surface area contributed by atoms with Crippen LogP contribution in [0.2, 0.25) is 0 Å². The molecule has 2 aliphatic heterocycles. The number of piperazine rings is 1. The summed E-state index contributed by atoms with van der Waals surface area (Å²) in [6, 6.07) is 8.88. The zero-order chi connectivity index (χ0) is 14.8. The molecule has 3 atom stereocenters. The molecule has 112 valence electrons. The maximum atomic E-state index is 12.2. The van der Waals surface area contributed by atoms with Crippen LogP contribution in [0.15, 0.2) is 30.3 Å². The van der Waals surface area contributed by atoms with E-state index in [9.17, 15) is 9.59 Å². The van der Waals surface area contributed by atoms with Crippen LogP contribution in [0.25, 0.3) is 0 Å². The zero-order valence-corrected chi connectivity index (χ0v) is 12.1. The predicted molar refractivity (Wildman–Crippen MR) is 77.5 cm³/mol. The Labute approximate surface area is 124 Å². The first-order chi connectivity index (χ1) is 10.1. The summed E-state index contributed by atoms with van der Waals surface area (Å²) < 4.78 is 5.81. The molecule has 0 aromatic heterocycles. The molecule has 3 unspecified atom stereocenters. The molecule has 5 nitrogen and oxygen atoms in total. The van der Waals surface area contributed by atoms with E-state index in [-0.39, 0.29) is 30.6 Å². The summed E-state index contributed by atoms with van der Waals surface area (Å²) in [5, 5.41) is 2.67. The van der Waals surface area contributed by atoms with Gasteiger partial charge in [-0.05, 0) is 25.3 Å². The number of hydrogen-bond acceptors (Lipinski definition) is 3. The number of ether oxygens (including phenoxy) is 1. The summed E-state index contributed by atoms with van der Waals surface area (Å²) in [4.78, 5) is 26.2. The highest BCUT2D eigenvalue weighted by molar-refractivity contribution is 5.95. The molecule has 2 fully saturated rings. The molecular formula is C16H20N2O3. The lowest BCUT2D eigenvalue weighted by molar-refractivity contribution is -0.147. The molecular weight excluding hydrogens is 268 g/mol. The van der Waals surface area contributed by atoms with Gasteiger partial charge in [0.15, 0.2) is 0 Å². The largest absolute Gasteiger partial charge is 0.373 e. The number of carbonyl (C=O) groups excluding carboxylic acids is 2. The molecule has 2 saturated heterocycles. The van der Waals surface area contributed by atoms with Crippen molar-refractivity contribution in [2.75, 3.05) is 13.1 Å². The first kappa shape index (κ1) is 14.1. The van der Waals surface area contributed by atoms with E-state index in [1.54, 1.807) is 4.90 Å². The minimum absolute atomic E-state index is 0.0288. The van der Waals surface area contributed by atoms with E-state index in [0.717, 1.165) is 18.4 Å². The topological polar surface area (TPSA) is 58.6 Å². The Bertz CT molecular complexity index is 532. The van der Waals surface area contributed by atoms with Gasteiger partial charge in [0.2, 0.25) is 11.8 Å². The second-order valence-electron chi connectivity index (χ2n) is 5.72. The first-order valence-electron chi connectivity index (χ1n) is 7.42. The Morgan fingerprint density at radius 2 is 2.00 bits per heavy atom. The van der Waals surface area contributed by atoms with Gasteiger partial charge in [0.05, 0.1) is 18.8 Å². The summed E-state index contributed by atoms with van der Waals surface area (Å²) in [5.74, 6) is -0.168. The second-order valence-corrected chi connectivity index (χ2v) is 5.72. The smallest absolute Gasteiger partial charge is 0.247 e. The third-order valence-electron chi connectivity index (χ3n) is 4.13. The second kappa shape index (κ2) is 5.85. The van der Waals surface area contributed by atoms with Crippen LogP contribution in [0.3, 0.4) is 0 Å². The van der Waals surface area contributed by atoms with Crippen LogP contribution in [-0.2, 0) is 14.3 Å². The van der Waals surface area contributed by atoms with Gasteiger partial charge in [-0.2, -0.15) is 0 Å². The average molecular weight is 288 g/mol. The fourth-order valence-electron chi connectivity index (χ4n) is 3.06. The third kappa shape index (κ3) is 2.93. The molecule has 1 aromatic rings. The molecule has 0 aliphatic carbocycles. The van der Waals surface area contributed by atoms with Crippen molar-refractivity contribution in [2.45, 2.75) is 38.0 Å². The van der Waals surface area contributed by atoms with Crippen LogP contribution in [0.1, 0.15) is 31.4 Å². The molecule has 3 rings (SSSR count). The van der Waals surface area contributed by atoms with Crippen LogP contribution in [-0.4, -0.2) is 42.0 Å². The molecule has 5 heteroatoms. The van der Waals surface area contributed by atoms with Gasteiger partial charge in [0, 0.05) is 6.54 Å². The maximum absolute atomic E-state index is 12.2. The van der Waals surface area contributed by atoms with Crippen molar-refractivity contribution < 1.29 is 14.3 Å². The van der Waals surface area contributed by atoms with E-state index >= 15 is 0 Å². The van der Waals surface area contributed by atoms with Gasteiger partial charge in [-0.25, -0.2) is 0 Å². The Morgan fingerprint density at radius 1 is 1.24 bits per heavy atom. The molecule has 0 bridgehead atoms. The lowest BCUT2D eigenvalue weighted by Gasteiger charge is -2.36. The van der Waals surface area contributed by atoms with E-state index in [0.29, 0.717) is 6.54 Å². The fraction of sp³-hybridized carbons (Fsp3) is 0.500. The van der Waals surface area contributed by atoms with Gasteiger partial charge in [0.1, 0.15) is 6.04 Å². The molecule has 2 aliphatic rings. The monoisotopic (exact) mass is 288 g/mol. The molecule has 1 N–H and O–H groups in total. The highest BCUT2D eigenvalue weighted by Gasteiger charge is 2.37. The molecule has 21 heavy (non-hydrogen) atoms. The third-order valence-corrected chi connectivity index (χ3v) is 4.13. The Kier molecular flexibility index (Phi) is 3.92. The number of benzene rings is 1. The minimum atomic E-state index is -0.549. The van der Waals surface area contributed by atoms with Crippen molar-refractivity contribution in [1.29, 1.82) is 0 Å². The zero-order valence-electron chi connectivity index (χ0n) is 12.1. The molecule has 0 radical (unpaired) electrons. The van der Waals surface area contributed by atoms with Crippen molar-refractivity contribution in [1.82, 2.24) is 10.2 Å². The lowest BCUT2D eigenvalue weighted by atomic mass is 10.0. The maximum Gasteiger partial charge on any atom is 0.247 e. The lowest BCUT2D eigenvalue weighted by Crippen LogP contribution is -2.55. The van der Waals surface area contributed by atoms with Crippen molar-refractivity contribution in [3.05, 3.63) is 35.9 Å². The molecule has 0 saturated carbocycles. The minimum Gasteiger partial charge on any atom is -0.373 e. The predicted octanol–water partition coefficient (Wildman–Crippen LogP) is 1.25. The first-order valence-corrected chi connectivity index (χ1v) is 7.42. The van der Waals surface area contributed by atoms with Crippen molar-refractivity contribution in [3.63, 3.8) is 0 Å². The molecule has 0 spiro atoms. The van der Waals surface area contributed by atoms with E-state index in [1.807, 2.05) is 37.3 Å². The van der Waals surface area contributed by atoms with Gasteiger partial charge in [-0.1, -0.05) is 30.3 Å². The molecule has 2 amide bonds. The van der Waals surface area contributed by atoms with E-state index in [2.05, 4.69) is 5.32 Å². The van der Waals surface area contributed by atoms with Gasteiger partial charge in [0.25, 0.3) is 0 Å². The quantitative estimate of drug-likeness (QED) is 0.911. The Hall–Kier alpha value is -1.88. The van der Waals surface area contributed by atoms with E-state index < -0.39 is 6.04 Å². The van der Waals surface area contributed by atoms with Crippen LogP contribution >= 0.6 is 0 Å². The number of amides is 2. The molecule has 1 aromatic carbocycles. The van der Waals surface area contributed by atoms with Crippen LogP contribution in [0, 0.1) is 0 Å². The SMILES string of the molecule is CC1CCC(CN2C(=O)CNC(=O)C2c2ccccc2)O1. The van der Waals surface area contributed by atoms with Gasteiger partial charge in [-0.15, -0.1) is 0 Å². The molecule has 2 heterocycles. The number of carbonyl (C=O) groups is 2. The van der Waals surface area contributed by atoms with E-state index in [1.165, 1.54) is 0 Å².